The van der Waals surface area contributed by atoms with Crippen molar-refractivity contribution in [3.8, 4) is 16.9 Å². The highest BCUT2D eigenvalue weighted by molar-refractivity contribution is 6.00. The number of pyridine rings is 1. The molecule has 0 spiro atoms. The first-order valence-electron chi connectivity index (χ1n) is 10.9. The monoisotopic (exact) mass is 423 g/mol. The van der Waals surface area contributed by atoms with Crippen LogP contribution in [0.2, 0.25) is 0 Å². The van der Waals surface area contributed by atoms with Gasteiger partial charge in [-0.05, 0) is 31.2 Å². The van der Waals surface area contributed by atoms with Gasteiger partial charge in [0.15, 0.2) is 0 Å². The van der Waals surface area contributed by atoms with Crippen molar-refractivity contribution in [2.75, 3.05) is 31.1 Å². The summed E-state index contributed by atoms with van der Waals surface area (Å²) >= 11 is 0. The van der Waals surface area contributed by atoms with Gasteiger partial charge < -0.3 is 9.80 Å². The third-order valence-electron chi connectivity index (χ3n) is 5.89. The molecule has 6 heteroatoms. The van der Waals surface area contributed by atoms with E-state index in [-0.39, 0.29) is 5.91 Å². The van der Waals surface area contributed by atoms with Gasteiger partial charge in [0.2, 0.25) is 0 Å². The van der Waals surface area contributed by atoms with E-state index in [2.05, 4.69) is 28.9 Å². The summed E-state index contributed by atoms with van der Waals surface area (Å²) in [5, 5.41) is 4.81. The lowest BCUT2D eigenvalue weighted by Gasteiger charge is -2.36. The van der Waals surface area contributed by atoms with Gasteiger partial charge in [-0.15, -0.1) is 0 Å². The smallest absolute Gasteiger partial charge is 0.257 e. The van der Waals surface area contributed by atoms with Crippen LogP contribution in [0.15, 0.2) is 85.3 Å². The number of aromatic nitrogens is 3. The molecule has 0 bridgehead atoms. The van der Waals surface area contributed by atoms with Gasteiger partial charge >= 0.3 is 0 Å². The minimum absolute atomic E-state index is 0.0251. The normalized spacial score (nSPS) is 13.9. The summed E-state index contributed by atoms with van der Waals surface area (Å²) in [7, 11) is 0. The first-order valence-corrected chi connectivity index (χ1v) is 10.9. The molecular formula is C26H25N5O. The second-order valence-electron chi connectivity index (χ2n) is 8.02. The summed E-state index contributed by atoms with van der Waals surface area (Å²) in [4.78, 5) is 21.9. The maximum Gasteiger partial charge on any atom is 0.257 e. The van der Waals surface area contributed by atoms with Crippen molar-refractivity contribution >= 4 is 11.6 Å². The minimum Gasteiger partial charge on any atom is -0.368 e. The molecule has 1 fully saturated rings. The lowest BCUT2D eigenvalue weighted by Crippen LogP contribution is -2.48. The van der Waals surface area contributed by atoms with Crippen molar-refractivity contribution in [3.63, 3.8) is 0 Å². The Morgan fingerprint density at radius 2 is 1.50 bits per heavy atom. The van der Waals surface area contributed by atoms with Crippen LogP contribution in [0.1, 0.15) is 15.9 Å². The van der Waals surface area contributed by atoms with Crippen molar-refractivity contribution in [2.45, 2.75) is 6.92 Å². The highest BCUT2D eigenvalue weighted by Crippen LogP contribution is 2.26. The fraction of sp³-hybridized carbons (Fsp3) is 0.192. The molecule has 4 aromatic rings. The highest BCUT2D eigenvalue weighted by atomic mass is 16.2. The fourth-order valence-electron chi connectivity index (χ4n) is 4.06. The Balaban J connectivity index is 1.43. The molecule has 6 nitrogen and oxygen atoms in total. The van der Waals surface area contributed by atoms with E-state index in [1.54, 1.807) is 17.1 Å². The summed E-state index contributed by atoms with van der Waals surface area (Å²) in [6.45, 7) is 4.99. The molecule has 1 aliphatic rings. The summed E-state index contributed by atoms with van der Waals surface area (Å²) in [5.41, 5.74) is 5.55. The molecule has 3 heterocycles. The number of piperazine rings is 1. The zero-order valence-corrected chi connectivity index (χ0v) is 18.1. The van der Waals surface area contributed by atoms with E-state index < -0.39 is 0 Å². The Kier molecular flexibility index (Phi) is 5.42. The summed E-state index contributed by atoms with van der Waals surface area (Å²) in [5.74, 6) is 0.0251. The van der Waals surface area contributed by atoms with Crippen LogP contribution < -0.4 is 4.90 Å². The summed E-state index contributed by atoms with van der Waals surface area (Å²) < 4.78 is 1.80. The van der Waals surface area contributed by atoms with E-state index in [4.69, 9.17) is 5.10 Å². The molecule has 1 saturated heterocycles. The number of anilines is 1. The van der Waals surface area contributed by atoms with Gasteiger partial charge in [0, 0.05) is 56.0 Å². The topological polar surface area (TPSA) is 54.3 Å². The van der Waals surface area contributed by atoms with E-state index in [1.165, 1.54) is 5.56 Å². The zero-order chi connectivity index (χ0) is 21.9. The molecular weight excluding hydrogens is 398 g/mol. The third-order valence-corrected chi connectivity index (χ3v) is 5.89. The number of carbonyl (C=O) groups is 1. The van der Waals surface area contributed by atoms with Gasteiger partial charge in [0.1, 0.15) is 5.69 Å². The van der Waals surface area contributed by atoms with Gasteiger partial charge in [0.05, 0.1) is 11.3 Å². The molecule has 0 radical (unpaired) electrons. The second-order valence-corrected chi connectivity index (χ2v) is 8.02. The Morgan fingerprint density at radius 1 is 0.812 bits per heavy atom. The maximum absolute atomic E-state index is 13.6. The summed E-state index contributed by atoms with van der Waals surface area (Å²) in [6.07, 6.45) is 5.47. The number of aryl methyl sites for hydroxylation is 1. The first kappa shape index (κ1) is 20.0. The average molecular weight is 424 g/mol. The molecule has 2 aromatic carbocycles. The lowest BCUT2D eigenvalue weighted by molar-refractivity contribution is 0.0747. The number of nitrogens with zero attached hydrogens (tertiary/aromatic N) is 5. The number of benzene rings is 2. The molecule has 0 unspecified atom stereocenters. The average Bonchev–Trinajstić information content (AvgIpc) is 3.31. The Labute approximate surface area is 187 Å². The molecule has 5 rings (SSSR count). The van der Waals surface area contributed by atoms with Crippen LogP contribution in [0, 0.1) is 6.92 Å². The van der Waals surface area contributed by atoms with Gasteiger partial charge in [-0.3, -0.25) is 9.78 Å². The molecule has 32 heavy (non-hydrogen) atoms. The van der Waals surface area contributed by atoms with Gasteiger partial charge in [-0.25, -0.2) is 4.68 Å². The SMILES string of the molecule is Cc1ccc(-c2nn(-c3ccccc3)cc2C(=O)N2CCN(c3ccncc3)CC2)cc1. The third kappa shape index (κ3) is 3.99. The predicted molar refractivity (Wildman–Crippen MR) is 126 cm³/mol. The molecule has 2 aromatic heterocycles. The molecule has 0 saturated carbocycles. The number of para-hydroxylation sites is 1. The van der Waals surface area contributed by atoms with Crippen molar-refractivity contribution in [1.82, 2.24) is 19.7 Å². The first-order chi connectivity index (χ1) is 15.7. The summed E-state index contributed by atoms with van der Waals surface area (Å²) in [6, 6.07) is 22.1. The van der Waals surface area contributed by atoms with E-state index in [9.17, 15) is 4.79 Å². The molecule has 1 aliphatic heterocycles. The molecule has 0 N–H and O–H groups in total. The number of carbonyl (C=O) groups excluding carboxylic acids is 1. The van der Waals surface area contributed by atoms with Crippen LogP contribution in [0.25, 0.3) is 16.9 Å². The van der Waals surface area contributed by atoms with Crippen molar-refractivity contribution in [1.29, 1.82) is 0 Å². The van der Waals surface area contributed by atoms with E-state index in [0.717, 1.165) is 35.7 Å². The number of hydrogen-bond donors (Lipinski definition) is 0. The van der Waals surface area contributed by atoms with Gasteiger partial charge in [0.25, 0.3) is 5.91 Å². The van der Waals surface area contributed by atoms with Crippen LogP contribution in [-0.4, -0.2) is 51.8 Å². The quantitative estimate of drug-likeness (QED) is 0.494. The Bertz CT molecular complexity index is 1190. The van der Waals surface area contributed by atoms with Crippen LogP contribution in [-0.2, 0) is 0 Å². The van der Waals surface area contributed by atoms with Crippen LogP contribution >= 0.6 is 0 Å². The van der Waals surface area contributed by atoms with Crippen LogP contribution in [0.3, 0.4) is 0 Å². The number of rotatable bonds is 4. The number of amides is 1. The molecule has 0 aliphatic carbocycles. The second kappa shape index (κ2) is 8.67. The van der Waals surface area contributed by atoms with E-state index in [0.29, 0.717) is 18.7 Å². The maximum atomic E-state index is 13.6. The lowest BCUT2D eigenvalue weighted by atomic mass is 10.1. The standard InChI is InChI=1S/C26H25N5O/c1-20-7-9-21(10-8-20)25-24(19-31(28-25)23-5-3-2-4-6-23)26(32)30-17-15-29(16-18-30)22-11-13-27-14-12-22/h2-14,19H,15-18H2,1H3. The van der Waals surface area contributed by atoms with Crippen molar-refractivity contribution < 1.29 is 4.79 Å². The zero-order valence-electron chi connectivity index (χ0n) is 18.1. The Hall–Kier alpha value is -3.93. The Morgan fingerprint density at radius 3 is 2.19 bits per heavy atom. The van der Waals surface area contributed by atoms with Crippen LogP contribution in [0.4, 0.5) is 5.69 Å². The fourth-order valence-corrected chi connectivity index (χ4v) is 4.06. The van der Waals surface area contributed by atoms with Crippen molar-refractivity contribution in [3.05, 3.63) is 96.4 Å². The van der Waals surface area contributed by atoms with E-state index >= 15 is 0 Å². The number of hydrogen-bond acceptors (Lipinski definition) is 4. The van der Waals surface area contributed by atoms with Crippen molar-refractivity contribution in [2.24, 2.45) is 0 Å². The molecule has 160 valence electrons. The predicted octanol–water partition coefficient (Wildman–Crippen LogP) is 4.21. The van der Waals surface area contributed by atoms with Crippen LogP contribution in [0.5, 0.6) is 0 Å². The molecule has 1 amide bonds. The van der Waals surface area contributed by atoms with E-state index in [1.807, 2.05) is 65.7 Å². The van der Waals surface area contributed by atoms with Gasteiger partial charge in [-0.1, -0.05) is 48.0 Å². The highest BCUT2D eigenvalue weighted by Gasteiger charge is 2.26. The largest absolute Gasteiger partial charge is 0.368 e. The molecule has 0 atom stereocenters. The van der Waals surface area contributed by atoms with Gasteiger partial charge in [-0.2, -0.15) is 5.10 Å². The minimum atomic E-state index is 0.0251.